The molecule has 0 unspecified atom stereocenters. The number of benzene rings is 4. The topological polar surface area (TPSA) is 184 Å². The summed E-state index contributed by atoms with van der Waals surface area (Å²) in [5.41, 5.74) is 9.24. The molecular weight excluding hydrogens is 777 g/mol. The quantitative estimate of drug-likeness (QED) is 0.128. The Bertz CT molecular complexity index is 2570. The van der Waals surface area contributed by atoms with E-state index in [1.54, 1.807) is 34.3 Å². The van der Waals surface area contributed by atoms with E-state index in [2.05, 4.69) is 43.8 Å². The van der Waals surface area contributed by atoms with Gasteiger partial charge in [-0.1, -0.05) is 97.1 Å². The highest BCUT2D eigenvalue weighted by atomic mass is 16.5. The first-order valence-electron chi connectivity index (χ1n) is 20.2. The molecule has 15 nitrogen and oxygen atoms in total. The number of morpholine rings is 1. The van der Waals surface area contributed by atoms with Crippen LogP contribution in [-0.2, 0) is 36.6 Å². The number of ether oxygens (including phenoxy) is 3. The summed E-state index contributed by atoms with van der Waals surface area (Å²) in [5, 5.41) is 5.42. The zero-order valence-electron chi connectivity index (χ0n) is 33.6. The van der Waals surface area contributed by atoms with E-state index in [-0.39, 0.29) is 24.5 Å². The number of carbonyl (C=O) groups is 4. The van der Waals surface area contributed by atoms with Gasteiger partial charge in [0.1, 0.15) is 29.8 Å². The molecule has 4 aromatic carbocycles. The van der Waals surface area contributed by atoms with Crippen molar-refractivity contribution in [2.75, 3.05) is 38.9 Å². The van der Waals surface area contributed by atoms with Crippen molar-refractivity contribution in [1.82, 2.24) is 35.5 Å². The lowest BCUT2D eigenvalue weighted by atomic mass is 10.0. The number of rotatable bonds is 9. The van der Waals surface area contributed by atoms with Crippen LogP contribution in [0.3, 0.4) is 0 Å². The lowest BCUT2D eigenvalue weighted by Crippen LogP contribution is -2.49. The summed E-state index contributed by atoms with van der Waals surface area (Å²) < 4.78 is 15.4. The second-order valence-electron chi connectivity index (χ2n) is 15.2. The predicted octanol–water partition coefficient (Wildman–Crippen LogP) is 6.43. The van der Waals surface area contributed by atoms with E-state index in [0.29, 0.717) is 49.6 Å². The van der Waals surface area contributed by atoms with Crippen LogP contribution < -0.4 is 15.5 Å². The lowest BCUT2D eigenvalue weighted by Gasteiger charge is -2.36. The molecule has 15 heteroatoms. The number of methoxy groups -OCH3 is 2. The number of aryl methyl sites for hydroxylation is 1. The second-order valence-corrected chi connectivity index (χ2v) is 15.2. The van der Waals surface area contributed by atoms with Gasteiger partial charge < -0.3 is 39.7 Å². The minimum Gasteiger partial charge on any atom is -0.453 e. The molecular formula is C46H44N8O7. The molecule has 4 amide bonds. The second kappa shape index (κ2) is 16.8. The van der Waals surface area contributed by atoms with E-state index in [1.165, 1.54) is 14.2 Å². The van der Waals surface area contributed by atoms with Gasteiger partial charge in [-0.15, -0.1) is 0 Å². The van der Waals surface area contributed by atoms with Crippen LogP contribution in [0.4, 0.5) is 15.3 Å². The number of aromatic nitrogens is 4. The van der Waals surface area contributed by atoms with Crippen LogP contribution >= 0.6 is 0 Å². The maximum Gasteiger partial charge on any atom is 0.407 e. The third-order valence-corrected chi connectivity index (χ3v) is 11.7. The maximum atomic E-state index is 14.0. The van der Waals surface area contributed by atoms with Gasteiger partial charge >= 0.3 is 12.2 Å². The van der Waals surface area contributed by atoms with Crippen molar-refractivity contribution in [3.63, 3.8) is 0 Å². The van der Waals surface area contributed by atoms with Gasteiger partial charge in [-0.05, 0) is 51.8 Å². The summed E-state index contributed by atoms with van der Waals surface area (Å²) in [7, 11) is 2.56. The molecule has 0 aliphatic carbocycles. The summed E-state index contributed by atoms with van der Waals surface area (Å²) in [4.78, 5) is 72.1. The van der Waals surface area contributed by atoms with Gasteiger partial charge in [0.25, 0.3) is 5.91 Å². The number of imidazole rings is 2. The normalized spacial score (nSPS) is 18.8. The van der Waals surface area contributed by atoms with Crippen molar-refractivity contribution in [1.29, 1.82) is 0 Å². The predicted molar refractivity (Wildman–Crippen MR) is 225 cm³/mol. The molecule has 0 bridgehead atoms. The fourth-order valence-corrected chi connectivity index (χ4v) is 8.54. The van der Waals surface area contributed by atoms with Crippen LogP contribution in [0, 0.1) is 0 Å². The fourth-order valence-electron chi connectivity index (χ4n) is 8.54. The number of aromatic amines is 2. The minimum absolute atomic E-state index is 0.179. The third kappa shape index (κ3) is 7.71. The first-order valence-corrected chi connectivity index (χ1v) is 20.2. The number of hydrogen-bond donors (Lipinski definition) is 4. The van der Waals surface area contributed by atoms with Crippen molar-refractivity contribution < 1.29 is 33.4 Å². The smallest absolute Gasteiger partial charge is 0.407 e. The van der Waals surface area contributed by atoms with Gasteiger partial charge in [0.15, 0.2) is 0 Å². The molecule has 4 N–H and O–H groups in total. The van der Waals surface area contributed by atoms with Gasteiger partial charge in [-0.3, -0.25) is 14.5 Å². The van der Waals surface area contributed by atoms with Gasteiger partial charge in [-0.2, -0.15) is 0 Å². The number of para-hydroxylation sites is 1. The van der Waals surface area contributed by atoms with Crippen molar-refractivity contribution in [2.24, 2.45) is 0 Å². The summed E-state index contributed by atoms with van der Waals surface area (Å²) in [6.45, 7) is 0.934. The largest absolute Gasteiger partial charge is 0.453 e. The van der Waals surface area contributed by atoms with E-state index in [4.69, 9.17) is 19.2 Å². The highest BCUT2D eigenvalue weighted by molar-refractivity contribution is 6.02. The Morgan fingerprint density at radius 3 is 2.00 bits per heavy atom. The van der Waals surface area contributed by atoms with E-state index >= 15 is 0 Å². The summed E-state index contributed by atoms with van der Waals surface area (Å²) in [6, 6.07) is 29.0. The van der Waals surface area contributed by atoms with Crippen LogP contribution in [0.1, 0.15) is 52.9 Å². The molecule has 3 aliphatic heterocycles. The monoisotopic (exact) mass is 820 g/mol. The minimum atomic E-state index is -0.944. The average Bonchev–Trinajstić information content (AvgIpc) is 4.08. The van der Waals surface area contributed by atoms with E-state index in [1.807, 2.05) is 66.7 Å². The highest BCUT2D eigenvalue weighted by Crippen LogP contribution is 2.44. The van der Waals surface area contributed by atoms with Gasteiger partial charge in [-0.25, -0.2) is 19.6 Å². The molecule has 6 aromatic rings. The number of hydrogen-bond acceptors (Lipinski definition) is 9. The van der Waals surface area contributed by atoms with Gasteiger partial charge in [0.2, 0.25) is 5.91 Å². The molecule has 61 heavy (non-hydrogen) atoms. The molecule has 9 rings (SSSR count). The van der Waals surface area contributed by atoms with Crippen molar-refractivity contribution in [3.05, 3.63) is 138 Å². The highest BCUT2D eigenvalue weighted by Gasteiger charge is 2.43. The number of alkyl carbamates (subject to hydrolysis) is 2. The molecule has 3 aliphatic rings. The van der Waals surface area contributed by atoms with Crippen molar-refractivity contribution >= 4 is 29.7 Å². The Balaban J connectivity index is 0.889. The number of amides is 4. The van der Waals surface area contributed by atoms with Crippen LogP contribution in [0.5, 0.6) is 0 Å². The number of carbonyl (C=O) groups excluding carboxylic acids is 4. The Morgan fingerprint density at radius 1 is 0.754 bits per heavy atom. The van der Waals surface area contributed by atoms with Crippen LogP contribution in [0.15, 0.2) is 109 Å². The number of anilines is 1. The Morgan fingerprint density at radius 2 is 1.36 bits per heavy atom. The molecule has 0 radical (unpaired) electrons. The number of nitrogens with one attached hydrogen (secondary N) is 4. The van der Waals surface area contributed by atoms with Crippen LogP contribution in [0.25, 0.3) is 33.6 Å². The van der Waals surface area contributed by atoms with Crippen LogP contribution in [-0.4, -0.2) is 88.9 Å². The molecule has 4 atom stereocenters. The molecule has 0 spiro atoms. The standard InChI is InChI=1S/C46H44N8O7/c1-59-45(57)51-34-20-19-32-9-6-10-33-23-37(54(40(32)33)43(34)55)41-47-24-35(49-41)29-15-11-27(12-16-29)28-13-17-30(18-14-28)36-25-48-42(50-36)38-26-61-22-21-53(38)44(56)39(52-46(58)60-2)31-7-4-3-5-8-31/h3-18,24-25,34,37-39H,19-23,26H2,1-2H3,(H,47,49)(H,48,50)(H,51,57)(H,52,58)/t34-,37-,38-,39-/m0/s1. The Labute approximate surface area is 351 Å². The summed E-state index contributed by atoms with van der Waals surface area (Å²) in [6.07, 6.45) is 3.96. The average molecular weight is 821 g/mol. The van der Waals surface area contributed by atoms with Crippen LogP contribution in [0.2, 0.25) is 0 Å². The van der Waals surface area contributed by atoms with E-state index < -0.39 is 30.3 Å². The Hall–Kier alpha value is -7.26. The fraction of sp³-hybridized carbons (Fsp3) is 0.261. The molecule has 5 heterocycles. The lowest BCUT2D eigenvalue weighted by molar-refractivity contribution is -0.143. The number of H-pyrrole nitrogens is 2. The van der Waals surface area contributed by atoms with E-state index in [9.17, 15) is 19.2 Å². The van der Waals surface area contributed by atoms with Gasteiger partial charge in [0.05, 0.1) is 62.9 Å². The number of nitrogens with zero attached hydrogens (tertiary/aromatic N) is 4. The van der Waals surface area contributed by atoms with Gasteiger partial charge in [0, 0.05) is 13.0 Å². The maximum absolute atomic E-state index is 14.0. The SMILES string of the molecule is COC(=O)N[C@H]1CCc2cccc3c2N(C1=O)[C@H](c1ncc(-c2ccc(-c4ccc(-c5cnc([C@@H]6COCCN6C(=O)[C@@H](NC(=O)OC)c6ccccc6)[nH]5)cc4)cc2)[nH]1)C3. The summed E-state index contributed by atoms with van der Waals surface area (Å²) >= 11 is 0. The molecule has 1 fully saturated rings. The third-order valence-electron chi connectivity index (χ3n) is 11.7. The van der Waals surface area contributed by atoms with E-state index in [0.717, 1.165) is 50.5 Å². The molecule has 0 saturated carbocycles. The van der Waals surface area contributed by atoms with Crippen molar-refractivity contribution in [2.45, 2.75) is 43.4 Å². The van der Waals surface area contributed by atoms with Crippen molar-refractivity contribution in [3.8, 4) is 33.6 Å². The zero-order chi connectivity index (χ0) is 42.0. The summed E-state index contributed by atoms with van der Waals surface area (Å²) in [5.74, 6) is 0.784. The molecule has 1 saturated heterocycles. The first-order chi connectivity index (χ1) is 29.8. The molecule has 2 aromatic heterocycles. The molecule has 310 valence electrons. The first kappa shape index (κ1) is 39.2. The Kier molecular flexibility index (Phi) is 10.8. The zero-order valence-corrected chi connectivity index (χ0v) is 33.6.